The van der Waals surface area contributed by atoms with Crippen LogP contribution in [-0.2, 0) is 4.79 Å². The van der Waals surface area contributed by atoms with E-state index in [1.165, 1.54) is 0 Å². The van der Waals surface area contributed by atoms with Gasteiger partial charge in [0.1, 0.15) is 5.75 Å². The van der Waals surface area contributed by atoms with Gasteiger partial charge in [0.2, 0.25) is 0 Å². The number of imidazole rings is 1. The molecule has 0 bridgehead atoms. The summed E-state index contributed by atoms with van der Waals surface area (Å²) in [5, 5.41) is 6.20. The van der Waals surface area contributed by atoms with E-state index in [1.807, 2.05) is 53.2 Å². The van der Waals surface area contributed by atoms with Crippen molar-refractivity contribution in [2.24, 2.45) is 0 Å². The number of fused-ring (bicyclic) bond motifs is 2. The van der Waals surface area contributed by atoms with Gasteiger partial charge in [-0.1, -0.05) is 0 Å². The number of methoxy groups -OCH3 is 2. The van der Waals surface area contributed by atoms with Crippen LogP contribution < -0.4 is 24.8 Å². The van der Waals surface area contributed by atoms with Crippen molar-refractivity contribution < 1.29 is 19.0 Å². The van der Waals surface area contributed by atoms with E-state index in [2.05, 4.69) is 15.6 Å². The first kappa shape index (κ1) is 19.7. The van der Waals surface area contributed by atoms with Crippen LogP contribution in [-0.4, -0.2) is 40.6 Å². The smallest absolute Gasteiger partial charge is 0.265 e. The number of benzene rings is 2. The predicted octanol–water partition coefficient (Wildman–Crippen LogP) is 3.88. The zero-order chi connectivity index (χ0) is 22.2. The Morgan fingerprint density at radius 1 is 1.12 bits per heavy atom. The largest absolute Gasteiger partial charge is 0.493 e. The number of anilines is 3. The molecule has 5 rings (SSSR count). The minimum atomic E-state index is -0.522. The molecule has 0 aliphatic carbocycles. The second-order valence-corrected chi connectivity index (χ2v) is 7.29. The van der Waals surface area contributed by atoms with Crippen molar-refractivity contribution in [2.75, 3.05) is 24.9 Å². The van der Waals surface area contributed by atoms with E-state index >= 15 is 0 Å². The average molecular weight is 431 g/mol. The monoisotopic (exact) mass is 431 g/mol. The SMILES string of the molecule is COc1ccc(Nc2nc(-c3ccc4c(c3)NC(=O)C(C)O4)cn3ccnc23)cc1OC. The van der Waals surface area contributed by atoms with Gasteiger partial charge in [0.05, 0.1) is 25.6 Å². The maximum Gasteiger partial charge on any atom is 0.265 e. The highest BCUT2D eigenvalue weighted by Crippen LogP contribution is 2.35. The normalized spacial score (nSPS) is 15.0. The van der Waals surface area contributed by atoms with Gasteiger partial charge in [-0.2, -0.15) is 0 Å². The minimum absolute atomic E-state index is 0.177. The maximum atomic E-state index is 12.0. The van der Waals surface area contributed by atoms with Crippen LogP contribution in [0.1, 0.15) is 6.92 Å². The number of carbonyl (C=O) groups is 1. The molecule has 2 aromatic carbocycles. The summed E-state index contributed by atoms with van der Waals surface area (Å²) in [5.74, 6) is 2.27. The van der Waals surface area contributed by atoms with Crippen LogP contribution in [0.15, 0.2) is 55.0 Å². The molecular formula is C23H21N5O4. The summed E-state index contributed by atoms with van der Waals surface area (Å²) in [6, 6.07) is 11.1. The molecule has 3 heterocycles. The predicted molar refractivity (Wildman–Crippen MR) is 120 cm³/mol. The Balaban J connectivity index is 1.54. The Morgan fingerprint density at radius 2 is 1.97 bits per heavy atom. The van der Waals surface area contributed by atoms with E-state index < -0.39 is 6.10 Å². The van der Waals surface area contributed by atoms with E-state index in [1.54, 1.807) is 27.3 Å². The van der Waals surface area contributed by atoms with Crippen molar-refractivity contribution in [3.05, 3.63) is 55.0 Å². The third kappa shape index (κ3) is 3.43. The molecule has 0 spiro atoms. The number of nitrogens with one attached hydrogen (secondary N) is 2. The van der Waals surface area contributed by atoms with Crippen LogP contribution in [0.2, 0.25) is 0 Å². The lowest BCUT2D eigenvalue weighted by atomic mass is 10.1. The van der Waals surface area contributed by atoms with Crippen molar-refractivity contribution >= 4 is 28.7 Å². The Hall–Kier alpha value is -4.27. The highest BCUT2D eigenvalue weighted by Gasteiger charge is 2.24. The van der Waals surface area contributed by atoms with E-state index in [0.29, 0.717) is 40.1 Å². The van der Waals surface area contributed by atoms with Crippen LogP contribution in [0.5, 0.6) is 17.2 Å². The molecule has 1 atom stereocenters. The molecule has 9 nitrogen and oxygen atoms in total. The third-order valence-electron chi connectivity index (χ3n) is 5.23. The molecule has 1 aliphatic rings. The molecule has 2 N–H and O–H groups in total. The van der Waals surface area contributed by atoms with Gasteiger partial charge in [-0.3, -0.25) is 4.79 Å². The highest BCUT2D eigenvalue weighted by molar-refractivity contribution is 5.98. The summed E-state index contributed by atoms with van der Waals surface area (Å²) in [5.41, 5.74) is 3.60. The molecule has 2 aromatic heterocycles. The van der Waals surface area contributed by atoms with Gasteiger partial charge in [0.25, 0.3) is 5.91 Å². The van der Waals surface area contributed by atoms with E-state index in [4.69, 9.17) is 19.2 Å². The van der Waals surface area contributed by atoms with Crippen LogP contribution in [0, 0.1) is 0 Å². The highest BCUT2D eigenvalue weighted by atomic mass is 16.5. The molecule has 0 radical (unpaired) electrons. The van der Waals surface area contributed by atoms with Gasteiger partial charge >= 0.3 is 0 Å². The number of aromatic nitrogens is 3. The van der Waals surface area contributed by atoms with Crippen LogP contribution in [0.3, 0.4) is 0 Å². The number of carbonyl (C=O) groups excluding carboxylic acids is 1. The van der Waals surface area contributed by atoms with Gasteiger partial charge in [-0.05, 0) is 37.3 Å². The van der Waals surface area contributed by atoms with Gasteiger partial charge in [0.15, 0.2) is 29.1 Å². The molecule has 0 saturated carbocycles. The number of amides is 1. The first-order valence-corrected chi connectivity index (χ1v) is 10.0. The standard InChI is InChI=1S/C23H21N5O4/c1-13-23(29)27-16-10-14(4-6-18(16)32-13)17-12-28-9-8-24-22(28)21(26-17)25-15-5-7-19(30-2)20(11-15)31-3/h4-13H,1-3H3,(H,25,26)(H,27,29). The summed E-state index contributed by atoms with van der Waals surface area (Å²) in [4.78, 5) is 21.2. The quantitative estimate of drug-likeness (QED) is 0.495. The average Bonchev–Trinajstić information content (AvgIpc) is 3.28. The molecule has 9 heteroatoms. The topological polar surface area (TPSA) is 99.0 Å². The number of hydrogen-bond acceptors (Lipinski definition) is 7. The summed E-state index contributed by atoms with van der Waals surface area (Å²) in [7, 11) is 3.18. The van der Waals surface area contributed by atoms with E-state index in [9.17, 15) is 4.79 Å². The van der Waals surface area contributed by atoms with Gasteiger partial charge in [-0.25, -0.2) is 9.97 Å². The van der Waals surface area contributed by atoms with Crippen molar-refractivity contribution in [3.63, 3.8) is 0 Å². The lowest BCUT2D eigenvalue weighted by Crippen LogP contribution is -2.34. The Kier molecular flexibility index (Phi) is 4.78. The second kappa shape index (κ2) is 7.77. The number of hydrogen-bond donors (Lipinski definition) is 2. The van der Waals surface area contributed by atoms with Crippen molar-refractivity contribution in [1.29, 1.82) is 0 Å². The fraction of sp³-hybridized carbons (Fsp3) is 0.174. The summed E-state index contributed by atoms with van der Waals surface area (Å²) < 4.78 is 18.3. The van der Waals surface area contributed by atoms with E-state index in [-0.39, 0.29) is 5.91 Å². The first-order chi connectivity index (χ1) is 15.6. The molecular weight excluding hydrogens is 410 g/mol. The zero-order valence-corrected chi connectivity index (χ0v) is 17.7. The number of nitrogens with zero attached hydrogens (tertiary/aromatic N) is 3. The molecule has 1 aliphatic heterocycles. The van der Waals surface area contributed by atoms with Crippen molar-refractivity contribution in [1.82, 2.24) is 14.4 Å². The van der Waals surface area contributed by atoms with Crippen LogP contribution >= 0.6 is 0 Å². The second-order valence-electron chi connectivity index (χ2n) is 7.29. The summed E-state index contributed by atoms with van der Waals surface area (Å²) in [6.45, 7) is 1.72. The molecule has 4 aromatic rings. The number of rotatable bonds is 5. The fourth-order valence-corrected chi connectivity index (χ4v) is 3.57. The molecule has 32 heavy (non-hydrogen) atoms. The van der Waals surface area contributed by atoms with Crippen molar-refractivity contribution in [2.45, 2.75) is 13.0 Å². The molecule has 1 amide bonds. The fourth-order valence-electron chi connectivity index (χ4n) is 3.57. The lowest BCUT2D eigenvalue weighted by Gasteiger charge is -2.23. The minimum Gasteiger partial charge on any atom is -0.493 e. The molecule has 0 fully saturated rings. The first-order valence-electron chi connectivity index (χ1n) is 10.0. The Morgan fingerprint density at radius 3 is 2.78 bits per heavy atom. The molecule has 1 unspecified atom stereocenters. The maximum absolute atomic E-state index is 12.0. The number of ether oxygens (including phenoxy) is 3. The zero-order valence-electron chi connectivity index (χ0n) is 17.7. The van der Waals surface area contributed by atoms with Crippen LogP contribution in [0.25, 0.3) is 16.9 Å². The summed E-state index contributed by atoms with van der Waals surface area (Å²) >= 11 is 0. The van der Waals surface area contributed by atoms with Gasteiger partial charge < -0.3 is 29.2 Å². The van der Waals surface area contributed by atoms with E-state index in [0.717, 1.165) is 11.3 Å². The Labute approximate surface area is 184 Å². The molecule has 0 saturated heterocycles. The van der Waals surface area contributed by atoms with Crippen LogP contribution in [0.4, 0.5) is 17.2 Å². The lowest BCUT2D eigenvalue weighted by molar-refractivity contribution is -0.122. The third-order valence-corrected chi connectivity index (χ3v) is 5.23. The van der Waals surface area contributed by atoms with Crippen molar-refractivity contribution in [3.8, 4) is 28.5 Å². The molecule has 162 valence electrons. The Bertz CT molecular complexity index is 1330. The summed E-state index contributed by atoms with van der Waals surface area (Å²) in [6.07, 6.45) is 4.93. The van der Waals surface area contributed by atoms with Gasteiger partial charge in [0, 0.05) is 35.9 Å². The van der Waals surface area contributed by atoms with Gasteiger partial charge in [-0.15, -0.1) is 0 Å².